The minimum Gasteiger partial charge on any atom is -0.465 e. The highest BCUT2D eigenvalue weighted by Gasteiger charge is 2.76. The van der Waals surface area contributed by atoms with E-state index in [9.17, 15) is 9.90 Å². The number of nitrogens with zero attached hydrogens (tertiary/aromatic N) is 2. The van der Waals surface area contributed by atoms with Gasteiger partial charge in [-0.15, -0.1) is 0 Å². The quantitative estimate of drug-likeness (QED) is 0.542. The third kappa shape index (κ3) is 3.24. The number of methoxy groups -OCH3 is 1. The van der Waals surface area contributed by atoms with Crippen molar-refractivity contribution in [2.45, 2.75) is 69.9 Å². The van der Waals surface area contributed by atoms with Crippen molar-refractivity contribution in [1.29, 1.82) is 0 Å². The van der Waals surface area contributed by atoms with E-state index < -0.39 is 17.5 Å². The molecule has 1 unspecified atom stereocenters. The zero-order valence-electron chi connectivity index (χ0n) is 23.9. The van der Waals surface area contributed by atoms with Crippen molar-refractivity contribution in [3.8, 4) is 5.69 Å². The first kappa shape index (κ1) is 26.1. The summed E-state index contributed by atoms with van der Waals surface area (Å²) >= 11 is 0. The second-order valence-corrected chi connectivity index (χ2v) is 13.4. The largest absolute Gasteiger partial charge is 0.465 e. The number of benzene rings is 1. The lowest BCUT2D eigenvalue weighted by atomic mass is 9.45. The number of aliphatic hydroxyl groups excluding tert-OH is 1. The molecule has 2 spiro atoms. The molecule has 2 aromatic rings. The summed E-state index contributed by atoms with van der Waals surface area (Å²) in [5.74, 6) is -0.318. The zero-order chi connectivity index (χ0) is 28.2. The summed E-state index contributed by atoms with van der Waals surface area (Å²) in [6.45, 7) is 5.46. The maximum absolute atomic E-state index is 12.2. The Balaban J connectivity index is 1.14. The van der Waals surface area contributed by atoms with E-state index in [2.05, 4.69) is 19.9 Å². The molecule has 6 aliphatic rings. The lowest BCUT2D eigenvalue weighted by Crippen LogP contribution is -2.66. The van der Waals surface area contributed by atoms with Crippen LogP contribution in [0.15, 0.2) is 36.0 Å². The van der Waals surface area contributed by atoms with Gasteiger partial charge in [0.2, 0.25) is 5.79 Å². The Kier molecular flexibility index (Phi) is 5.56. The van der Waals surface area contributed by atoms with Gasteiger partial charge >= 0.3 is 5.97 Å². The third-order valence-electron chi connectivity index (χ3n) is 11.9. The van der Waals surface area contributed by atoms with Crippen LogP contribution in [0.5, 0.6) is 0 Å². The van der Waals surface area contributed by atoms with Crippen LogP contribution in [0.4, 0.5) is 0 Å². The molecule has 0 amide bonds. The van der Waals surface area contributed by atoms with E-state index in [1.165, 1.54) is 18.2 Å². The predicted octanol–water partition coefficient (Wildman–Crippen LogP) is 4.26. The number of rotatable bonds is 2. The van der Waals surface area contributed by atoms with Gasteiger partial charge in [-0.2, -0.15) is 5.10 Å². The zero-order valence-corrected chi connectivity index (χ0v) is 23.9. The summed E-state index contributed by atoms with van der Waals surface area (Å²) in [5, 5.41) is 16.8. The molecule has 4 aliphatic carbocycles. The van der Waals surface area contributed by atoms with Crippen molar-refractivity contribution in [2.75, 3.05) is 27.3 Å². The SMILES string of the molecule is COC(=O)c1cccc(-n2ncc3c2C=C2CC[C@@H]4[C@H]([C@@H](O)C[C@@]5(C)[C@H]4CC[C@@]54OCOC45COCO5)[C@@]2(C)C3)c1. The molecule has 9 heteroatoms. The summed E-state index contributed by atoms with van der Waals surface area (Å²) in [6, 6.07) is 7.40. The Morgan fingerprint density at radius 2 is 2.02 bits per heavy atom. The molecule has 0 bridgehead atoms. The standard InChI is InChI=1S/C32H38N2O7/c1-29-13-20-15-33-34(22-6-4-5-19(11-22)28(36)37-3)25(20)12-21(29)7-8-23-24-9-10-31(30(24,2)14-26(35)27(23)29)32(41-18-39-31)16-38-17-40-32/h4-6,11-12,15,23-24,26-27,35H,7-10,13-14,16-18H2,1-3H3/t23-,24-,26-,27+,29-,30-,31+,32?/m0/s1. The van der Waals surface area contributed by atoms with Crippen LogP contribution in [0, 0.1) is 28.6 Å². The van der Waals surface area contributed by atoms with Gasteiger partial charge in [-0.05, 0) is 91.5 Å². The first-order valence-electron chi connectivity index (χ1n) is 14.9. The van der Waals surface area contributed by atoms with Crippen LogP contribution in [0.2, 0.25) is 0 Å². The van der Waals surface area contributed by atoms with Crippen LogP contribution < -0.4 is 0 Å². The fourth-order valence-corrected chi connectivity index (χ4v) is 10.2. The highest BCUT2D eigenvalue weighted by Crippen LogP contribution is 2.71. The van der Waals surface area contributed by atoms with Gasteiger partial charge in [0.05, 0.1) is 36.4 Å². The normalized spacial score (nSPS) is 42.5. The topological polar surface area (TPSA) is 101 Å². The van der Waals surface area contributed by atoms with Crippen LogP contribution in [-0.2, 0) is 30.1 Å². The van der Waals surface area contributed by atoms with Gasteiger partial charge in [0.25, 0.3) is 0 Å². The number of ether oxygens (including phenoxy) is 5. The molecule has 5 fully saturated rings. The first-order valence-corrected chi connectivity index (χ1v) is 14.9. The number of hydrogen-bond donors (Lipinski definition) is 1. The van der Waals surface area contributed by atoms with Crippen LogP contribution in [0.3, 0.4) is 0 Å². The Bertz CT molecular complexity index is 1440. The van der Waals surface area contributed by atoms with Crippen molar-refractivity contribution in [3.63, 3.8) is 0 Å². The van der Waals surface area contributed by atoms with Crippen LogP contribution in [0.1, 0.15) is 67.6 Å². The van der Waals surface area contributed by atoms with E-state index in [-0.39, 0.29) is 36.3 Å². The molecule has 9 nitrogen and oxygen atoms in total. The molecule has 3 heterocycles. The van der Waals surface area contributed by atoms with Gasteiger partial charge in [0.15, 0.2) is 13.6 Å². The Hall–Kier alpha value is -2.56. The number of carbonyl (C=O) groups is 1. The van der Waals surface area contributed by atoms with E-state index in [1.54, 1.807) is 6.07 Å². The number of hydrogen-bond acceptors (Lipinski definition) is 8. The number of aliphatic hydroxyl groups is 1. The van der Waals surface area contributed by atoms with Gasteiger partial charge in [0.1, 0.15) is 12.2 Å². The first-order chi connectivity index (χ1) is 19.8. The molecule has 3 saturated carbocycles. The average Bonchev–Trinajstić information content (AvgIpc) is 3.75. The summed E-state index contributed by atoms with van der Waals surface area (Å²) in [5.41, 5.74) is 3.91. The molecular weight excluding hydrogens is 524 g/mol. The van der Waals surface area contributed by atoms with E-state index in [4.69, 9.17) is 28.8 Å². The van der Waals surface area contributed by atoms with Crippen molar-refractivity contribution in [3.05, 3.63) is 52.9 Å². The second-order valence-electron chi connectivity index (χ2n) is 13.4. The molecule has 0 radical (unpaired) electrons. The van der Waals surface area contributed by atoms with Gasteiger partial charge < -0.3 is 28.8 Å². The fraction of sp³-hybridized carbons (Fsp3) is 0.625. The lowest BCUT2D eigenvalue weighted by Gasteiger charge is -2.61. The van der Waals surface area contributed by atoms with Gasteiger partial charge in [-0.3, -0.25) is 0 Å². The highest BCUT2D eigenvalue weighted by molar-refractivity contribution is 5.90. The minimum absolute atomic E-state index is 0.147. The average molecular weight is 563 g/mol. The van der Waals surface area contributed by atoms with E-state index in [0.29, 0.717) is 30.4 Å². The molecule has 1 N–H and O–H groups in total. The third-order valence-corrected chi connectivity index (χ3v) is 11.9. The lowest BCUT2D eigenvalue weighted by molar-refractivity contribution is -0.257. The molecule has 218 valence electrons. The number of allylic oxidation sites excluding steroid dienone is 1. The number of fused-ring (bicyclic) bond motifs is 8. The fourth-order valence-electron chi connectivity index (χ4n) is 10.2. The molecule has 8 rings (SSSR count). The maximum Gasteiger partial charge on any atom is 0.337 e. The van der Waals surface area contributed by atoms with Crippen LogP contribution in [-0.4, -0.2) is 65.7 Å². The second kappa shape index (κ2) is 8.74. The Morgan fingerprint density at radius 3 is 2.83 bits per heavy atom. The van der Waals surface area contributed by atoms with E-state index in [1.807, 2.05) is 29.1 Å². The van der Waals surface area contributed by atoms with Crippen molar-refractivity contribution < 1.29 is 33.6 Å². The Morgan fingerprint density at radius 1 is 1.17 bits per heavy atom. The molecule has 1 aromatic heterocycles. The highest BCUT2D eigenvalue weighted by atomic mass is 16.9. The summed E-state index contributed by atoms with van der Waals surface area (Å²) in [4.78, 5) is 12.2. The molecule has 41 heavy (non-hydrogen) atoms. The van der Waals surface area contributed by atoms with Crippen LogP contribution >= 0.6 is 0 Å². The predicted molar refractivity (Wildman–Crippen MR) is 147 cm³/mol. The molecule has 2 saturated heterocycles. The van der Waals surface area contributed by atoms with E-state index >= 15 is 0 Å². The monoisotopic (exact) mass is 562 g/mol. The molecule has 8 atom stereocenters. The molecule has 1 aromatic carbocycles. The van der Waals surface area contributed by atoms with Crippen molar-refractivity contribution >= 4 is 12.0 Å². The number of aromatic nitrogens is 2. The minimum atomic E-state index is -0.883. The van der Waals surface area contributed by atoms with Crippen molar-refractivity contribution in [1.82, 2.24) is 9.78 Å². The van der Waals surface area contributed by atoms with Gasteiger partial charge in [-0.1, -0.05) is 25.5 Å². The number of esters is 1. The maximum atomic E-state index is 12.2. The Labute approximate surface area is 239 Å². The van der Waals surface area contributed by atoms with E-state index in [0.717, 1.165) is 43.5 Å². The van der Waals surface area contributed by atoms with Crippen molar-refractivity contribution in [2.24, 2.45) is 28.6 Å². The summed E-state index contributed by atoms with van der Waals surface area (Å²) < 4.78 is 31.3. The molecular formula is C32H38N2O7. The number of carbonyl (C=O) groups excluding carboxylic acids is 1. The smallest absolute Gasteiger partial charge is 0.337 e. The molecule has 2 aliphatic heterocycles. The summed E-state index contributed by atoms with van der Waals surface area (Å²) in [7, 11) is 1.39. The van der Waals surface area contributed by atoms with Gasteiger partial charge in [-0.25, -0.2) is 9.48 Å². The van der Waals surface area contributed by atoms with Crippen LogP contribution in [0.25, 0.3) is 11.8 Å². The van der Waals surface area contributed by atoms with Gasteiger partial charge in [0, 0.05) is 5.41 Å². The summed E-state index contributed by atoms with van der Waals surface area (Å²) in [6.07, 6.45) is 9.18.